The number of hydrogen-bond donors (Lipinski definition) is 1. The summed E-state index contributed by atoms with van der Waals surface area (Å²) in [6, 6.07) is 3.67. The van der Waals surface area contributed by atoms with Crippen molar-refractivity contribution in [3.63, 3.8) is 0 Å². The van der Waals surface area contributed by atoms with E-state index >= 15 is 0 Å². The number of fused-ring (bicyclic) bond motifs is 1. The molecule has 1 N–H and O–H groups in total. The fourth-order valence-electron chi connectivity index (χ4n) is 1.06. The summed E-state index contributed by atoms with van der Waals surface area (Å²) >= 11 is 0. The van der Waals surface area contributed by atoms with Gasteiger partial charge in [-0.05, 0) is 19.1 Å². The maximum Gasteiger partial charge on any atom is 0.166 e. The third kappa shape index (κ3) is 0.888. The monoisotopic (exact) mass is 150 g/mol. The fourth-order valence-corrected chi connectivity index (χ4v) is 1.06. The summed E-state index contributed by atoms with van der Waals surface area (Å²) in [5, 5.41) is 0. The van der Waals surface area contributed by atoms with E-state index in [4.69, 9.17) is 0 Å². The van der Waals surface area contributed by atoms with Crippen molar-refractivity contribution in [1.29, 1.82) is 0 Å². The average Bonchev–Trinajstić information content (AvgIpc) is 2.33. The van der Waals surface area contributed by atoms with Crippen molar-refractivity contribution in [1.82, 2.24) is 9.97 Å². The molecule has 2 aromatic rings. The van der Waals surface area contributed by atoms with E-state index < -0.39 is 0 Å². The molecule has 0 aliphatic carbocycles. The van der Waals surface area contributed by atoms with Gasteiger partial charge in [-0.15, -0.1) is 0 Å². The van der Waals surface area contributed by atoms with Gasteiger partial charge >= 0.3 is 0 Å². The van der Waals surface area contributed by atoms with Gasteiger partial charge in [-0.2, -0.15) is 0 Å². The lowest BCUT2D eigenvalue weighted by atomic mass is 10.3. The minimum atomic E-state index is -0.288. The van der Waals surface area contributed by atoms with Crippen LogP contribution < -0.4 is 0 Å². The Morgan fingerprint density at radius 3 is 3.09 bits per heavy atom. The van der Waals surface area contributed by atoms with Crippen LogP contribution in [0.15, 0.2) is 18.3 Å². The molecular weight excluding hydrogens is 143 g/mol. The van der Waals surface area contributed by atoms with Gasteiger partial charge in [-0.25, -0.2) is 9.37 Å². The lowest BCUT2D eigenvalue weighted by Crippen LogP contribution is -1.80. The first-order valence-corrected chi connectivity index (χ1v) is 3.37. The van der Waals surface area contributed by atoms with Crippen molar-refractivity contribution in [2.24, 2.45) is 0 Å². The van der Waals surface area contributed by atoms with Crippen LogP contribution in [0.25, 0.3) is 11.0 Å². The zero-order chi connectivity index (χ0) is 7.84. The first-order chi connectivity index (χ1) is 5.27. The largest absolute Gasteiger partial charge is 0.357 e. The van der Waals surface area contributed by atoms with Gasteiger partial charge in [0.25, 0.3) is 0 Å². The molecule has 11 heavy (non-hydrogen) atoms. The van der Waals surface area contributed by atoms with Crippen molar-refractivity contribution >= 4 is 11.0 Å². The molecule has 2 heterocycles. The molecule has 0 amide bonds. The minimum Gasteiger partial charge on any atom is -0.357 e. The van der Waals surface area contributed by atoms with Crippen LogP contribution in [0.2, 0.25) is 0 Å². The van der Waals surface area contributed by atoms with E-state index in [1.165, 1.54) is 6.20 Å². The van der Waals surface area contributed by atoms with Crippen molar-refractivity contribution < 1.29 is 4.39 Å². The van der Waals surface area contributed by atoms with Crippen LogP contribution in [0.4, 0.5) is 4.39 Å². The predicted octanol–water partition coefficient (Wildman–Crippen LogP) is 2.01. The van der Waals surface area contributed by atoms with Gasteiger partial charge in [0, 0.05) is 11.9 Å². The van der Waals surface area contributed by atoms with Crippen LogP contribution in [0.5, 0.6) is 0 Å². The summed E-state index contributed by atoms with van der Waals surface area (Å²) in [5.41, 5.74) is 1.99. The molecule has 0 aliphatic rings. The molecule has 0 radical (unpaired) electrons. The number of hydrogen-bond acceptors (Lipinski definition) is 1. The molecule has 0 unspecified atom stereocenters. The van der Waals surface area contributed by atoms with Crippen molar-refractivity contribution in [3.8, 4) is 0 Å². The molecule has 0 spiro atoms. The number of aromatic nitrogens is 2. The first-order valence-electron chi connectivity index (χ1n) is 3.37. The summed E-state index contributed by atoms with van der Waals surface area (Å²) in [4.78, 5) is 6.81. The Morgan fingerprint density at radius 2 is 2.27 bits per heavy atom. The van der Waals surface area contributed by atoms with Gasteiger partial charge in [-0.3, -0.25) is 0 Å². The van der Waals surface area contributed by atoms with Crippen LogP contribution >= 0.6 is 0 Å². The molecule has 2 aromatic heterocycles. The molecule has 0 fully saturated rings. The van der Waals surface area contributed by atoms with E-state index in [2.05, 4.69) is 9.97 Å². The maximum absolute atomic E-state index is 12.8. The predicted molar refractivity (Wildman–Crippen MR) is 40.8 cm³/mol. The molecule has 0 aromatic carbocycles. The number of halogens is 1. The molecular formula is C8H7FN2. The Hall–Kier alpha value is -1.38. The molecule has 56 valence electrons. The number of aromatic amines is 1. The average molecular weight is 150 g/mol. The van der Waals surface area contributed by atoms with Crippen molar-refractivity contribution in [2.75, 3.05) is 0 Å². The highest BCUT2D eigenvalue weighted by atomic mass is 19.1. The summed E-state index contributed by atoms with van der Waals surface area (Å²) in [7, 11) is 0. The van der Waals surface area contributed by atoms with E-state index in [-0.39, 0.29) is 5.82 Å². The third-order valence-corrected chi connectivity index (χ3v) is 1.62. The van der Waals surface area contributed by atoms with Crippen LogP contribution in [-0.2, 0) is 0 Å². The van der Waals surface area contributed by atoms with E-state index in [0.717, 1.165) is 11.2 Å². The lowest BCUT2D eigenvalue weighted by molar-refractivity contribution is 0.636. The van der Waals surface area contributed by atoms with E-state index in [1.807, 2.05) is 19.1 Å². The summed E-state index contributed by atoms with van der Waals surface area (Å²) in [6.45, 7) is 1.84. The number of nitrogens with one attached hydrogen (secondary N) is 1. The third-order valence-electron chi connectivity index (χ3n) is 1.62. The van der Waals surface area contributed by atoms with E-state index in [9.17, 15) is 4.39 Å². The topological polar surface area (TPSA) is 28.7 Å². The van der Waals surface area contributed by atoms with Gasteiger partial charge in [0.05, 0.1) is 5.52 Å². The lowest BCUT2D eigenvalue weighted by Gasteiger charge is -1.90. The van der Waals surface area contributed by atoms with Gasteiger partial charge in [0.15, 0.2) is 5.82 Å². The Bertz CT molecular complexity index is 392. The Kier molecular flexibility index (Phi) is 1.18. The SMILES string of the molecule is Cc1ccc2[nH]cc(F)c2n1. The van der Waals surface area contributed by atoms with Gasteiger partial charge in [0.1, 0.15) is 5.52 Å². The molecule has 0 atom stereocenters. The molecule has 0 bridgehead atoms. The smallest absolute Gasteiger partial charge is 0.166 e. The first kappa shape index (κ1) is 6.34. The number of nitrogens with zero attached hydrogens (tertiary/aromatic N) is 1. The maximum atomic E-state index is 12.8. The minimum absolute atomic E-state index is 0.288. The second-order valence-electron chi connectivity index (χ2n) is 2.49. The molecule has 0 aliphatic heterocycles. The highest BCUT2D eigenvalue weighted by molar-refractivity contribution is 5.75. The highest BCUT2D eigenvalue weighted by Gasteiger charge is 2.02. The molecule has 0 saturated carbocycles. The second-order valence-corrected chi connectivity index (χ2v) is 2.49. The summed E-state index contributed by atoms with van der Waals surface area (Å²) in [6.07, 6.45) is 1.32. The summed E-state index contributed by atoms with van der Waals surface area (Å²) < 4.78 is 12.8. The van der Waals surface area contributed by atoms with Crippen LogP contribution in [0.1, 0.15) is 5.69 Å². The quantitative estimate of drug-likeness (QED) is 0.611. The van der Waals surface area contributed by atoms with Gasteiger partial charge in [-0.1, -0.05) is 0 Å². The zero-order valence-electron chi connectivity index (χ0n) is 6.06. The van der Waals surface area contributed by atoms with E-state index in [0.29, 0.717) is 5.52 Å². The number of aryl methyl sites for hydroxylation is 1. The van der Waals surface area contributed by atoms with Crippen LogP contribution in [0, 0.1) is 12.7 Å². The van der Waals surface area contributed by atoms with Crippen LogP contribution in [-0.4, -0.2) is 9.97 Å². The molecule has 0 saturated heterocycles. The number of pyridine rings is 1. The number of rotatable bonds is 0. The Balaban J connectivity index is 2.87. The highest BCUT2D eigenvalue weighted by Crippen LogP contribution is 2.13. The molecule has 3 heteroatoms. The fraction of sp³-hybridized carbons (Fsp3) is 0.125. The van der Waals surface area contributed by atoms with Crippen LogP contribution in [0.3, 0.4) is 0 Å². The second kappa shape index (κ2) is 2.05. The van der Waals surface area contributed by atoms with Gasteiger partial charge in [0.2, 0.25) is 0 Å². The van der Waals surface area contributed by atoms with Crippen molar-refractivity contribution in [3.05, 3.63) is 29.8 Å². The van der Waals surface area contributed by atoms with Crippen molar-refractivity contribution in [2.45, 2.75) is 6.92 Å². The number of H-pyrrole nitrogens is 1. The normalized spacial score (nSPS) is 10.7. The van der Waals surface area contributed by atoms with E-state index in [1.54, 1.807) is 0 Å². The molecule has 2 rings (SSSR count). The molecule has 2 nitrogen and oxygen atoms in total. The Morgan fingerprint density at radius 1 is 1.45 bits per heavy atom. The Labute approximate surface area is 63.1 Å². The van der Waals surface area contributed by atoms with Gasteiger partial charge < -0.3 is 4.98 Å². The zero-order valence-corrected chi connectivity index (χ0v) is 6.06. The standard InChI is InChI=1S/C8H7FN2/c1-5-2-3-7-8(11-5)6(9)4-10-7/h2-4,10H,1H3. The summed E-state index contributed by atoms with van der Waals surface area (Å²) in [5.74, 6) is -0.288.